The molecule has 0 saturated carbocycles. The van der Waals surface area contributed by atoms with E-state index in [1.165, 1.54) is 0 Å². The molecule has 1 heterocycles. The molecule has 1 aliphatic rings. The molecule has 0 aromatic heterocycles. The van der Waals surface area contributed by atoms with Crippen LogP contribution in [0.3, 0.4) is 0 Å². The van der Waals surface area contributed by atoms with Crippen molar-refractivity contribution in [2.75, 3.05) is 13.1 Å². The van der Waals surface area contributed by atoms with Gasteiger partial charge in [0.1, 0.15) is 11.2 Å². The summed E-state index contributed by atoms with van der Waals surface area (Å²) in [6.07, 6.45) is 0.918. The number of carbonyl (C=O) groups excluding carboxylic acids is 1. The third-order valence-corrected chi connectivity index (χ3v) is 4.08. The summed E-state index contributed by atoms with van der Waals surface area (Å²) in [5.74, 6) is 0. The molecule has 1 aromatic carbocycles. The molecule has 0 spiro atoms. The van der Waals surface area contributed by atoms with Gasteiger partial charge in [-0.15, -0.1) is 0 Å². The van der Waals surface area contributed by atoms with Gasteiger partial charge in [0, 0.05) is 11.5 Å². The zero-order chi connectivity index (χ0) is 17.8. The highest BCUT2D eigenvalue weighted by molar-refractivity contribution is 5.69. The normalized spacial score (nSPS) is 20.2. The van der Waals surface area contributed by atoms with Crippen LogP contribution in [0.25, 0.3) is 10.4 Å². The maximum Gasteiger partial charge on any atom is 0.410 e. The van der Waals surface area contributed by atoms with Crippen LogP contribution < -0.4 is 0 Å². The van der Waals surface area contributed by atoms with Crippen LogP contribution in [-0.4, -0.2) is 40.8 Å². The topological polar surface area (TPSA) is 98.5 Å². The van der Waals surface area contributed by atoms with Crippen molar-refractivity contribution >= 4 is 6.09 Å². The molecule has 0 aliphatic carbocycles. The highest BCUT2D eigenvalue weighted by atomic mass is 16.6. The van der Waals surface area contributed by atoms with E-state index in [2.05, 4.69) is 10.0 Å². The number of amides is 1. The smallest absolute Gasteiger partial charge is 0.410 e. The summed E-state index contributed by atoms with van der Waals surface area (Å²) in [5.41, 5.74) is 7.26. The molecule has 7 nitrogen and oxygen atoms in total. The van der Waals surface area contributed by atoms with Crippen molar-refractivity contribution in [3.05, 3.63) is 46.3 Å². The fraction of sp³-hybridized carbons (Fsp3) is 0.588. The average Bonchev–Trinajstić information content (AvgIpc) is 3.02. The van der Waals surface area contributed by atoms with E-state index in [9.17, 15) is 9.90 Å². The molecule has 7 heteroatoms. The maximum atomic E-state index is 12.5. The zero-order valence-electron chi connectivity index (χ0n) is 14.3. The molecule has 1 aliphatic heterocycles. The van der Waals surface area contributed by atoms with Gasteiger partial charge in [-0.25, -0.2) is 4.79 Å². The summed E-state index contributed by atoms with van der Waals surface area (Å²) in [7, 11) is 0. The molecule has 2 rings (SSSR count). The lowest BCUT2D eigenvalue weighted by Crippen LogP contribution is -2.52. The third kappa shape index (κ3) is 3.99. The quantitative estimate of drug-likeness (QED) is 0.518. The Kier molecular flexibility index (Phi) is 5.36. The van der Waals surface area contributed by atoms with Gasteiger partial charge in [-0.3, -0.25) is 0 Å². The Morgan fingerprint density at radius 3 is 2.67 bits per heavy atom. The molecule has 1 N–H and O–H groups in total. The van der Waals surface area contributed by atoms with Gasteiger partial charge in [0.15, 0.2) is 0 Å². The van der Waals surface area contributed by atoms with E-state index in [1.807, 2.05) is 18.2 Å². The first-order valence-electron chi connectivity index (χ1n) is 8.06. The van der Waals surface area contributed by atoms with E-state index >= 15 is 0 Å². The molecule has 130 valence electrons. The third-order valence-electron chi connectivity index (χ3n) is 4.08. The summed E-state index contributed by atoms with van der Waals surface area (Å²) in [6, 6.07) is 8.52. The highest BCUT2D eigenvalue weighted by Gasteiger charge is 2.46. The van der Waals surface area contributed by atoms with E-state index < -0.39 is 23.3 Å². The number of ether oxygens (including phenoxy) is 1. The first kappa shape index (κ1) is 18.1. The standard InChI is InChI=1S/C17H24N4O3/c1-16(2,3)24-15(22)21-11-7-10-14(21)17(23,12-19-20-18)13-8-5-4-6-9-13/h4-6,8-9,14,23H,7,10-12H2,1-3H3/t14-,17-/m0/s1. The van der Waals surface area contributed by atoms with Crippen molar-refractivity contribution in [3.8, 4) is 0 Å². The van der Waals surface area contributed by atoms with Crippen LogP contribution in [-0.2, 0) is 10.3 Å². The molecule has 0 radical (unpaired) electrons. The van der Waals surface area contributed by atoms with Crippen molar-refractivity contribution in [2.45, 2.75) is 50.9 Å². The molecule has 1 fully saturated rings. The number of likely N-dealkylation sites (tertiary alicyclic amines) is 1. The minimum Gasteiger partial charge on any atom is -0.444 e. The fourth-order valence-corrected chi connectivity index (χ4v) is 3.06. The lowest BCUT2D eigenvalue weighted by Gasteiger charge is -2.39. The fourth-order valence-electron chi connectivity index (χ4n) is 3.06. The number of hydrogen-bond donors (Lipinski definition) is 1. The first-order chi connectivity index (χ1) is 11.3. The Bertz CT molecular complexity index is 622. The number of rotatable bonds is 4. The summed E-state index contributed by atoms with van der Waals surface area (Å²) < 4.78 is 5.46. The monoisotopic (exact) mass is 332 g/mol. The second-order valence-corrected chi connectivity index (χ2v) is 7.01. The van der Waals surface area contributed by atoms with Crippen LogP contribution in [0.2, 0.25) is 0 Å². The minimum atomic E-state index is -1.44. The Labute approximate surface area is 141 Å². The summed E-state index contributed by atoms with van der Waals surface area (Å²) in [5, 5.41) is 14.9. The number of hydrogen-bond acceptors (Lipinski definition) is 4. The molecule has 0 unspecified atom stereocenters. The van der Waals surface area contributed by atoms with Crippen LogP contribution in [0.15, 0.2) is 35.4 Å². The van der Waals surface area contributed by atoms with Crippen molar-refractivity contribution in [1.82, 2.24) is 4.90 Å². The summed E-state index contributed by atoms with van der Waals surface area (Å²) in [4.78, 5) is 16.8. The Balaban J connectivity index is 2.34. The van der Waals surface area contributed by atoms with Crippen molar-refractivity contribution in [1.29, 1.82) is 0 Å². The first-order valence-corrected chi connectivity index (χ1v) is 8.06. The number of benzene rings is 1. The molecular formula is C17H24N4O3. The van der Waals surface area contributed by atoms with Gasteiger partial charge in [-0.1, -0.05) is 35.4 Å². The molecule has 2 atom stereocenters. The van der Waals surface area contributed by atoms with Crippen LogP contribution in [0, 0.1) is 0 Å². The number of azide groups is 1. The van der Waals surface area contributed by atoms with Crippen molar-refractivity contribution < 1.29 is 14.6 Å². The number of nitrogens with zero attached hydrogens (tertiary/aromatic N) is 4. The Hall–Kier alpha value is -2.24. The van der Waals surface area contributed by atoms with Gasteiger partial charge in [0.25, 0.3) is 0 Å². The van der Waals surface area contributed by atoms with Gasteiger partial charge in [0.2, 0.25) is 0 Å². The van der Waals surface area contributed by atoms with Crippen molar-refractivity contribution in [2.24, 2.45) is 5.11 Å². The molecular weight excluding hydrogens is 308 g/mol. The van der Waals surface area contributed by atoms with Gasteiger partial charge in [-0.2, -0.15) is 0 Å². The Morgan fingerprint density at radius 2 is 2.08 bits per heavy atom. The predicted molar refractivity (Wildman–Crippen MR) is 90.3 cm³/mol. The van der Waals surface area contributed by atoms with Gasteiger partial charge >= 0.3 is 6.09 Å². The van der Waals surface area contributed by atoms with Crippen LogP contribution in [0.1, 0.15) is 39.2 Å². The van der Waals surface area contributed by atoms with E-state index in [0.717, 1.165) is 6.42 Å². The van der Waals surface area contributed by atoms with E-state index in [1.54, 1.807) is 37.8 Å². The van der Waals surface area contributed by atoms with Gasteiger partial charge < -0.3 is 14.7 Å². The Morgan fingerprint density at radius 1 is 1.42 bits per heavy atom. The second-order valence-electron chi connectivity index (χ2n) is 7.01. The van der Waals surface area contributed by atoms with Crippen LogP contribution >= 0.6 is 0 Å². The minimum absolute atomic E-state index is 0.141. The largest absolute Gasteiger partial charge is 0.444 e. The van der Waals surface area contributed by atoms with E-state index in [4.69, 9.17) is 10.3 Å². The predicted octanol–water partition coefficient (Wildman–Crippen LogP) is 3.58. The molecule has 1 amide bonds. The number of carbonyl (C=O) groups is 1. The SMILES string of the molecule is CC(C)(C)OC(=O)N1CCC[C@H]1[C@](O)(CN=[N+]=[N-])c1ccccc1. The lowest BCUT2D eigenvalue weighted by molar-refractivity contribution is -0.0425. The molecule has 1 aromatic rings. The zero-order valence-corrected chi connectivity index (χ0v) is 14.3. The van der Waals surface area contributed by atoms with E-state index in [0.29, 0.717) is 18.5 Å². The molecule has 0 bridgehead atoms. The maximum absolute atomic E-state index is 12.5. The lowest BCUT2D eigenvalue weighted by atomic mass is 9.85. The van der Waals surface area contributed by atoms with Crippen LogP contribution in [0.5, 0.6) is 0 Å². The van der Waals surface area contributed by atoms with E-state index in [-0.39, 0.29) is 6.54 Å². The summed E-state index contributed by atoms with van der Waals surface area (Å²) >= 11 is 0. The van der Waals surface area contributed by atoms with Crippen molar-refractivity contribution in [3.63, 3.8) is 0 Å². The van der Waals surface area contributed by atoms with Gasteiger partial charge in [-0.05, 0) is 44.7 Å². The average molecular weight is 332 g/mol. The highest BCUT2D eigenvalue weighted by Crippen LogP contribution is 2.36. The number of aliphatic hydroxyl groups is 1. The van der Waals surface area contributed by atoms with Gasteiger partial charge in [0.05, 0.1) is 12.6 Å². The molecule has 1 saturated heterocycles. The summed E-state index contributed by atoms with van der Waals surface area (Å²) in [6.45, 7) is 5.78. The second kappa shape index (κ2) is 7.11. The molecule has 24 heavy (non-hydrogen) atoms. The van der Waals surface area contributed by atoms with Crippen LogP contribution in [0.4, 0.5) is 4.79 Å².